The second-order valence-electron chi connectivity index (χ2n) is 5.55. The first-order valence-electron chi connectivity index (χ1n) is 8.55. The molecule has 2 aromatic heterocycles. The lowest BCUT2D eigenvalue weighted by molar-refractivity contribution is -0.144. The van der Waals surface area contributed by atoms with Crippen LogP contribution >= 0.6 is 0 Å². The molecule has 1 aromatic carbocycles. The highest BCUT2D eigenvalue weighted by molar-refractivity contribution is 5.96. The SMILES string of the molecule is CCOc1ccc(C(=O)NCC(=O)OCc2nc(-c3cccnc3)no2)cc1. The first-order valence-corrected chi connectivity index (χ1v) is 8.55. The predicted molar refractivity (Wildman–Crippen MR) is 97.3 cm³/mol. The van der Waals surface area contributed by atoms with Crippen LogP contribution in [-0.2, 0) is 16.1 Å². The van der Waals surface area contributed by atoms with Gasteiger partial charge in [-0.25, -0.2) is 0 Å². The van der Waals surface area contributed by atoms with Crippen LogP contribution in [0, 0.1) is 0 Å². The highest BCUT2D eigenvalue weighted by atomic mass is 16.6. The minimum absolute atomic E-state index is 0.144. The lowest BCUT2D eigenvalue weighted by Crippen LogP contribution is -2.30. The van der Waals surface area contributed by atoms with Gasteiger partial charge in [-0.15, -0.1) is 0 Å². The smallest absolute Gasteiger partial charge is 0.325 e. The molecule has 9 nitrogen and oxygen atoms in total. The number of amides is 1. The molecule has 0 aliphatic rings. The highest BCUT2D eigenvalue weighted by Gasteiger charge is 2.13. The van der Waals surface area contributed by atoms with Gasteiger partial charge in [-0.05, 0) is 43.3 Å². The van der Waals surface area contributed by atoms with Crippen LogP contribution in [0.2, 0.25) is 0 Å². The molecule has 28 heavy (non-hydrogen) atoms. The maximum absolute atomic E-state index is 12.0. The van der Waals surface area contributed by atoms with Crippen molar-refractivity contribution < 1.29 is 23.6 Å². The summed E-state index contributed by atoms with van der Waals surface area (Å²) in [6.07, 6.45) is 3.23. The molecule has 2 heterocycles. The molecule has 3 rings (SSSR count). The van der Waals surface area contributed by atoms with Gasteiger partial charge in [0.15, 0.2) is 6.61 Å². The predicted octanol–water partition coefficient (Wildman–Crippen LogP) is 2.00. The summed E-state index contributed by atoms with van der Waals surface area (Å²) in [5.74, 6) is 0.147. The third-order valence-electron chi connectivity index (χ3n) is 3.57. The van der Waals surface area contributed by atoms with Crippen molar-refractivity contribution in [3.63, 3.8) is 0 Å². The number of pyridine rings is 1. The normalized spacial score (nSPS) is 10.3. The lowest BCUT2D eigenvalue weighted by atomic mass is 10.2. The van der Waals surface area contributed by atoms with Gasteiger partial charge < -0.3 is 19.3 Å². The summed E-state index contributed by atoms with van der Waals surface area (Å²) in [5, 5.41) is 6.29. The van der Waals surface area contributed by atoms with E-state index in [-0.39, 0.29) is 19.0 Å². The number of carbonyl (C=O) groups excluding carboxylic acids is 2. The largest absolute Gasteiger partial charge is 0.494 e. The van der Waals surface area contributed by atoms with Gasteiger partial charge in [0, 0.05) is 23.5 Å². The Kier molecular flexibility index (Phi) is 6.29. The molecule has 0 atom stereocenters. The summed E-state index contributed by atoms with van der Waals surface area (Å²) < 4.78 is 15.4. The topological polar surface area (TPSA) is 116 Å². The third-order valence-corrected chi connectivity index (χ3v) is 3.57. The molecule has 0 fully saturated rings. The molecule has 3 aromatic rings. The number of carbonyl (C=O) groups is 2. The minimum atomic E-state index is -0.625. The zero-order valence-electron chi connectivity index (χ0n) is 15.1. The van der Waals surface area contributed by atoms with Crippen molar-refractivity contribution in [3.8, 4) is 17.1 Å². The van der Waals surface area contributed by atoms with Gasteiger partial charge in [0.2, 0.25) is 5.82 Å². The van der Waals surface area contributed by atoms with E-state index >= 15 is 0 Å². The van der Waals surface area contributed by atoms with E-state index in [4.69, 9.17) is 14.0 Å². The Hall–Kier alpha value is -3.75. The quantitative estimate of drug-likeness (QED) is 0.588. The molecule has 0 aliphatic carbocycles. The van der Waals surface area contributed by atoms with Crippen LogP contribution in [-0.4, -0.2) is 40.2 Å². The molecule has 0 spiro atoms. The molecule has 1 amide bonds. The molecule has 0 unspecified atom stereocenters. The van der Waals surface area contributed by atoms with E-state index in [2.05, 4.69) is 20.4 Å². The summed E-state index contributed by atoms with van der Waals surface area (Å²) in [5.41, 5.74) is 1.10. The number of rotatable bonds is 8. The van der Waals surface area contributed by atoms with E-state index in [1.165, 1.54) is 0 Å². The van der Waals surface area contributed by atoms with E-state index in [0.717, 1.165) is 0 Å². The van der Waals surface area contributed by atoms with Gasteiger partial charge in [0.05, 0.1) is 6.61 Å². The molecule has 0 radical (unpaired) electrons. The fourth-order valence-corrected chi connectivity index (χ4v) is 2.24. The Labute approximate surface area is 160 Å². The van der Waals surface area contributed by atoms with Crippen LogP contribution in [0.1, 0.15) is 23.2 Å². The maximum atomic E-state index is 12.0. The molecule has 0 saturated carbocycles. The number of aromatic nitrogens is 3. The van der Waals surface area contributed by atoms with E-state index in [1.54, 1.807) is 48.8 Å². The Bertz CT molecular complexity index is 925. The zero-order chi connectivity index (χ0) is 19.8. The molecule has 9 heteroatoms. The maximum Gasteiger partial charge on any atom is 0.325 e. The van der Waals surface area contributed by atoms with Crippen molar-refractivity contribution >= 4 is 11.9 Å². The molecular weight excluding hydrogens is 364 g/mol. The second-order valence-corrected chi connectivity index (χ2v) is 5.55. The Balaban J connectivity index is 1.44. The van der Waals surface area contributed by atoms with E-state index < -0.39 is 11.9 Å². The summed E-state index contributed by atoms with van der Waals surface area (Å²) in [7, 11) is 0. The standard InChI is InChI=1S/C19H18N4O5/c1-2-26-15-7-5-13(6-8-15)19(25)21-11-17(24)27-12-16-22-18(23-28-16)14-4-3-9-20-10-14/h3-10H,2,11-12H2,1H3,(H,21,25). The van der Waals surface area contributed by atoms with Crippen LogP contribution in [0.4, 0.5) is 0 Å². The Morgan fingerprint density at radius 3 is 2.71 bits per heavy atom. The summed E-state index contributed by atoms with van der Waals surface area (Å²) in [4.78, 5) is 32.0. The van der Waals surface area contributed by atoms with Crippen LogP contribution in [0.3, 0.4) is 0 Å². The molecule has 0 aliphatic heterocycles. The van der Waals surface area contributed by atoms with Crippen LogP contribution < -0.4 is 10.1 Å². The number of hydrogen-bond acceptors (Lipinski definition) is 8. The Morgan fingerprint density at radius 2 is 2.00 bits per heavy atom. The number of hydrogen-bond donors (Lipinski definition) is 1. The summed E-state index contributed by atoms with van der Waals surface area (Å²) in [6.45, 7) is 1.95. The average Bonchev–Trinajstić information content (AvgIpc) is 3.21. The number of benzene rings is 1. The van der Waals surface area contributed by atoms with Gasteiger partial charge in [-0.2, -0.15) is 4.98 Å². The van der Waals surface area contributed by atoms with Crippen LogP contribution in [0.25, 0.3) is 11.4 Å². The fraction of sp³-hybridized carbons (Fsp3) is 0.211. The van der Waals surface area contributed by atoms with Gasteiger partial charge in [0.1, 0.15) is 12.3 Å². The van der Waals surface area contributed by atoms with Crippen molar-refractivity contribution in [2.24, 2.45) is 0 Å². The molecule has 0 saturated heterocycles. The first-order chi connectivity index (χ1) is 13.7. The van der Waals surface area contributed by atoms with Crippen molar-refractivity contribution in [2.45, 2.75) is 13.5 Å². The van der Waals surface area contributed by atoms with Gasteiger partial charge in [-0.3, -0.25) is 14.6 Å². The van der Waals surface area contributed by atoms with Crippen LogP contribution in [0.5, 0.6) is 5.75 Å². The van der Waals surface area contributed by atoms with Crippen molar-refractivity contribution in [2.75, 3.05) is 13.2 Å². The number of nitrogens with zero attached hydrogens (tertiary/aromatic N) is 3. The van der Waals surface area contributed by atoms with E-state index in [1.807, 2.05) is 6.92 Å². The molecule has 1 N–H and O–H groups in total. The average molecular weight is 382 g/mol. The van der Waals surface area contributed by atoms with E-state index in [0.29, 0.717) is 29.3 Å². The second kappa shape index (κ2) is 9.26. The highest BCUT2D eigenvalue weighted by Crippen LogP contribution is 2.14. The first kappa shape index (κ1) is 19.0. The number of esters is 1. The molecule has 0 bridgehead atoms. The fourth-order valence-electron chi connectivity index (χ4n) is 2.24. The summed E-state index contributed by atoms with van der Waals surface area (Å²) >= 11 is 0. The van der Waals surface area contributed by atoms with Crippen molar-refractivity contribution in [1.29, 1.82) is 0 Å². The molecular formula is C19H18N4O5. The lowest BCUT2D eigenvalue weighted by Gasteiger charge is -2.06. The number of nitrogens with one attached hydrogen (secondary N) is 1. The minimum Gasteiger partial charge on any atom is -0.494 e. The van der Waals surface area contributed by atoms with E-state index in [9.17, 15) is 9.59 Å². The molecule has 144 valence electrons. The van der Waals surface area contributed by atoms with Crippen molar-refractivity contribution in [1.82, 2.24) is 20.4 Å². The van der Waals surface area contributed by atoms with Crippen LogP contribution in [0.15, 0.2) is 53.3 Å². The number of ether oxygens (including phenoxy) is 2. The summed E-state index contributed by atoms with van der Waals surface area (Å²) in [6, 6.07) is 10.1. The monoisotopic (exact) mass is 382 g/mol. The van der Waals surface area contributed by atoms with Gasteiger partial charge >= 0.3 is 5.97 Å². The third kappa shape index (κ3) is 5.13. The van der Waals surface area contributed by atoms with Gasteiger partial charge in [0.25, 0.3) is 11.8 Å². The van der Waals surface area contributed by atoms with Crippen molar-refractivity contribution in [3.05, 3.63) is 60.2 Å². The Morgan fingerprint density at radius 1 is 1.18 bits per heavy atom. The van der Waals surface area contributed by atoms with Gasteiger partial charge in [-0.1, -0.05) is 5.16 Å². The zero-order valence-corrected chi connectivity index (χ0v) is 15.1.